The predicted octanol–water partition coefficient (Wildman–Crippen LogP) is 0.175. The van der Waals surface area contributed by atoms with Crippen LogP contribution in [0.15, 0.2) is 35.3 Å². The molecular formula is C15H12N6O4. The number of anilines is 2. The summed E-state index contributed by atoms with van der Waals surface area (Å²) >= 11 is 0. The Bertz CT molecular complexity index is 1030. The molecule has 126 valence electrons. The van der Waals surface area contributed by atoms with Crippen LogP contribution in [0.2, 0.25) is 0 Å². The number of benzene rings is 1. The van der Waals surface area contributed by atoms with Crippen molar-refractivity contribution in [3.63, 3.8) is 0 Å². The summed E-state index contributed by atoms with van der Waals surface area (Å²) in [5.41, 5.74) is 6.42. The number of nitrogens with zero attached hydrogens (tertiary/aromatic N) is 3. The van der Waals surface area contributed by atoms with Crippen LogP contribution in [0, 0.1) is 0 Å². The maximum atomic E-state index is 11.8. The monoisotopic (exact) mass is 340 g/mol. The highest BCUT2D eigenvalue weighted by Crippen LogP contribution is 2.12. The third-order valence-electron chi connectivity index (χ3n) is 3.30. The smallest absolute Gasteiger partial charge is 0.377 e. The number of carbonyl (C=O) groups excluding carboxylic acids is 1. The predicted molar refractivity (Wildman–Crippen MR) is 88.1 cm³/mol. The number of carboxylic acid groups (broad SMARTS) is 1. The normalized spacial score (nSPS) is 10.6. The Morgan fingerprint density at radius 1 is 1.20 bits per heavy atom. The number of H-pyrrole nitrogens is 1. The summed E-state index contributed by atoms with van der Waals surface area (Å²) < 4.78 is 0. The zero-order valence-electron chi connectivity index (χ0n) is 12.7. The highest BCUT2D eigenvalue weighted by Gasteiger charge is 2.13. The van der Waals surface area contributed by atoms with Gasteiger partial charge in [0.15, 0.2) is 11.2 Å². The molecule has 0 radical (unpaired) electrons. The van der Waals surface area contributed by atoms with Gasteiger partial charge in [-0.1, -0.05) is 0 Å². The van der Waals surface area contributed by atoms with Gasteiger partial charge in [0.1, 0.15) is 0 Å². The minimum absolute atomic E-state index is 0.0336. The van der Waals surface area contributed by atoms with Crippen LogP contribution in [-0.4, -0.2) is 36.8 Å². The lowest BCUT2D eigenvalue weighted by atomic mass is 10.1. The summed E-state index contributed by atoms with van der Waals surface area (Å²) in [6.07, 6.45) is 1.46. The first-order valence-corrected chi connectivity index (χ1v) is 7.07. The zero-order chi connectivity index (χ0) is 18.0. The summed E-state index contributed by atoms with van der Waals surface area (Å²) in [6.45, 7) is 0.263. The molecule has 0 amide bonds. The van der Waals surface area contributed by atoms with E-state index in [4.69, 9.17) is 10.8 Å². The summed E-state index contributed by atoms with van der Waals surface area (Å²) in [7, 11) is 0. The van der Waals surface area contributed by atoms with Crippen LogP contribution >= 0.6 is 0 Å². The minimum Gasteiger partial charge on any atom is -0.475 e. The maximum absolute atomic E-state index is 11.8. The Labute approximate surface area is 139 Å². The molecule has 0 saturated carbocycles. The molecule has 10 nitrogen and oxygen atoms in total. The van der Waals surface area contributed by atoms with E-state index in [1.165, 1.54) is 18.3 Å². The maximum Gasteiger partial charge on any atom is 0.377 e. The fraction of sp³-hybridized carbons (Fsp3) is 0.0667. The molecule has 0 spiro atoms. The average molecular weight is 340 g/mol. The van der Waals surface area contributed by atoms with Gasteiger partial charge in [-0.2, -0.15) is 4.98 Å². The van der Waals surface area contributed by atoms with Gasteiger partial charge in [0.2, 0.25) is 5.95 Å². The molecular weight excluding hydrogens is 328 g/mol. The molecule has 0 unspecified atom stereocenters. The fourth-order valence-corrected chi connectivity index (χ4v) is 2.11. The van der Waals surface area contributed by atoms with E-state index in [9.17, 15) is 14.4 Å². The molecule has 2 heterocycles. The Kier molecular flexibility index (Phi) is 4.08. The Hall–Kier alpha value is -3.82. The number of ketones is 1. The highest BCUT2D eigenvalue weighted by molar-refractivity contribution is 6.39. The van der Waals surface area contributed by atoms with Gasteiger partial charge in [0, 0.05) is 11.3 Å². The van der Waals surface area contributed by atoms with Crippen LogP contribution in [0.3, 0.4) is 0 Å². The minimum atomic E-state index is -1.51. The van der Waals surface area contributed by atoms with Crippen molar-refractivity contribution >= 4 is 34.6 Å². The first-order valence-electron chi connectivity index (χ1n) is 7.07. The molecule has 0 fully saturated rings. The topological polar surface area (TPSA) is 164 Å². The second-order valence-corrected chi connectivity index (χ2v) is 5.05. The van der Waals surface area contributed by atoms with E-state index in [-0.39, 0.29) is 29.2 Å². The molecule has 10 heteroatoms. The molecule has 0 aliphatic rings. The van der Waals surface area contributed by atoms with Crippen LogP contribution in [0.4, 0.5) is 11.6 Å². The number of nitrogens with two attached hydrogens (primary N) is 1. The van der Waals surface area contributed by atoms with Crippen LogP contribution in [0.25, 0.3) is 11.2 Å². The van der Waals surface area contributed by atoms with E-state index in [1.807, 2.05) is 0 Å². The van der Waals surface area contributed by atoms with Gasteiger partial charge in [-0.3, -0.25) is 14.6 Å². The molecule has 0 saturated heterocycles. The molecule has 2 aromatic heterocycles. The van der Waals surface area contributed by atoms with E-state index in [0.29, 0.717) is 11.4 Å². The zero-order valence-corrected chi connectivity index (χ0v) is 12.7. The van der Waals surface area contributed by atoms with Gasteiger partial charge in [-0.05, 0) is 24.3 Å². The number of hydrogen-bond donors (Lipinski definition) is 4. The van der Waals surface area contributed by atoms with E-state index >= 15 is 0 Å². The molecule has 0 bridgehead atoms. The lowest BCUT2D eigenvalue weighted by Crippen LogP contribution is -2.15. The number of aromatic nitrogens is 4. The van der Waals surface area contributed by atoms with Crippen LogP contribution in [-0.2, 0) is 11.3 Å². The number of nitrogens with one attached hydrogen (secondary N) is 2. The number of carbonyl (C=O) groups is 2. The number of carboxylic acids is 1. The standard InChI is InChI=1S/C15H12N6O4/c16-15-20-12-10(13(23)21-15)19-9(6-18-12)5-17-8-3-1-7(2-4-8)11(22)14(24)25/h1-4,6,17H,5H2,(H,24,25)(H3,16,18,20,21,23). The van der Waals surface area contributed by atoms with Crippen molar-refractivity contribution in [2.24, 2.45) is 0 Å². The molecule has 3 aromatic rings. The van der Waals surface area contributed by atoms with Gasteiger partial charge in [0.25, 0.3) is 11.3 Å². The quantitative estimate of drug-likeness (QED) is 0.374. The summed E-state index contributed by atoms with van der Waals surface area (Å²) in [6, 6.07) is 5.95. The second kappa shape index (κ2) is 6.35. The van der Waals surface area contributed by atoms with Crippen molar-refractivity contribution in [2.75, 3.05) is 11.1 Å². The van der Waals surface area contributed by atoms with Crippen molar-refractivity contribution < 1.29 is 14.7 Å². The third kappa shape index (κ3) is 3.42. The lowest BCUT2D eigenvalue weighted by molar-refractivity contribution is -0.131. The Morgan fingerprint density at radius 2 is 1.92 bits per heavy atom. The summed E-state index contributed by atoms with van der Waals surface area (Å²) in [4.78, 5) is 48.2. The van der Waals surface area contributed by atoms with Crippen molar-refractivity contribution in [3.05, 3.63) is 52.1 Å². The lowest BCUT2D eigenvalue weighted by Gasteiger charge is -2.07. The molecule has 25 heavy (non-hydrogen) atoms. The number of rotatable bonds is 5. The third-order valence-corrected chi connectivity index (χ3v) is 3.30. The Morgan fingerprint density at radius 3 is 2.60 bits per heavy atom. The number of fused-ring (bicyclic) bond motifs is 1. The highest BCUT2D eigenvalue weighted by atomic mass is 16.4. The van der Waals surface area contributed by atoms with Crippen LogP contribution < -0.4 is 16.6 Å². The first-order chi connectivity index (χ1) is 11.9. The van der Waals surface area contributed by atoms with E-state index < -0.39 is 17.3 Å². The van der Waals surface area contributed by atoms with Gasteiger partial charge in [-0.25, -0.2) is 14.8 Å². The van der Waals surface area contributed by atoms with E-state index in [1.54, 1.807) is 12.1 Å². The number of hydrogen-bond acceptors (Lipinski definition) is 8. The number of nitrogen functional groups attached to an aromatic ring is 1. The molecule has 0 atom stereocenters. The van der Waals surface area contributed by atoms with E-state index in [0.717, 1.165) is 0 Å². The molecule has 0 aliphatic carbocycles. The van der Waals surface area contributed by atoms with Crippen LogP contribution in [0.1, 0.15) is 16.1 Å². The summed E-state index contributed by atoms with van der Waals surface area (Å²) in [5, 5.41) is 11.7. The van der Waals surface area contributed by atoms with Crippen molar-refractivity contribution in [1.82, 2.24) is 19.9 Å². The average Bonchev–Trinajstić information content (AvgIpc) is 2.60. The van der Waals surface area contributed by atoms with Crippen molar-refractivity contribution in [2.45, 2.75) is 6.54 Å². The van der Waals surface area contributed by atoms with E-state index in [2.05, 4.69) is 25.3 Å². The first kappa shape index (κ1) is 16.1. The largest absolute Gasteiger partial charge is 0.475 e. The molecule has 3 rings (SSSR count). The number of aliphatic carboxylic acids is 1. The Balaban J connectivity index is 1.75. The van der Waals surface area contributed by atoms with Crippen molar-refractivity contribution in [3.8, 4) is 0 Å². The molecule has 5 N–H and O–H groups in total. The SMILES string of the molecule is Nc1nc2ncc(CNc3ccc(C(=O)C(=O)O)cc3)nc2c(=O)[nH]1. The van der Waals surface area contributed by atoms with Gasteiger partial charge >= 0.3 is 5.97 Å². The fourth-order valence-electron chi connectivity index (χ4n) is 2.11. The van der Waals surface area contributed by atoms with Gasteiger partial charge < -0.3 is 16.2 Å². The second-order valence-electron chi connectivity index (χ2n) is 5.05. The molecule has 0 aliphatic heterocycles. The van der Waals surface area contributed by atoms with Gasteiger partial charge in [0.05, 0.1) is 18.4 Å². The van der Waals surface area contributed by atoms with Crippen LogP contribution in [0.5, 0.6) is 0 Å². The molecule has 1 aromatic carbocycles. The van der Waals surface area contributed by atoms with Crippen molar-refractivity contribution in [1.29, 1.82) is 0 Å². The number of aromatic amines is 1. The summed E-state index contributed by atoms with van der Waals surface area (Å²) in [5.74, 6) is -2.52. The number of Topliss-reactive ketones (excluding diaryl/α,β-unsaturated/α-hetero) is 1. The van der Waals surface area contributed by atoms with Gasteiger partial charge in [-0.15, -0.1) is 0 Å².